The van der Waals surface area contributed by atoms with Crippen molar-refractivity contribution in [2.24, 2.45) is 0 Å². The Kier molecular flexibility index (Phi) is 3.82. The van der Waals surface area contributed by atoms with Crippen molar-refractivity contribution < 1.29 is 9.59 Å². The highest BCUT2D eigenvalue weighted by molar-refractivity contribution is 8.26. The number of carbonyl (C=O) groups is 2. The molecule has 0 aliphatic carbocycles. The van der Waals surface area contributed by atoms with Crippen molar-refractivity contribution in [3.63, 3.8) is 0 Å². The normalized spacial score (nSPS) is 22.9. The Morgan fingerprint density at radius 2 is 2.14 bits per heavy atom. The van der Waals surface area contributed by atoms with Crippen molar-refractivity contribution in [3.8, 4) is 0 Å². The van der Waals surface area contributed by atoms with Gasteiger partial charge in [0.2, 0.25) is 5.91 Å². The number of anilines is 1. The molecule has 0 bridgehead atoms. The molecule has 1 aromatic carbocycles. The highest BCUT2D eigenvalue weighted by Gasteiger charge is 2.35. The standard InChI is InChI=1S/C15H14N2O2S2/c1-2-7-17-14(19)12(21-15(17)20)8-10-9-5-3-4-6-11(9)16-13(10)18/h3-6,8,10H,2,7H2,1H3,(H,16,18)/t10-/m0/s1. The zero-order chi connectivity index (χ0) is 15.0. The lowest BCUT2D eigenvalue weighted by Gasteiger charge is -2.12. The van der Waals surface area contributed by atoms with E-state index >= 15 is 0 Å². The summed E-state index contributed by atoms with van der Waals surface area (Å²) in [5, 5.41) is 2.83. The minimum Gasteiger partial charge on any atom is -0.325 e. The summed E-state index contributed by atoms with van der Waals surface area (Å²) in [7, 11) is 0. The van der Waals surface area contributed by atoms with E-state index in [1.165, 1.54) is 11.8 Å². The van der Waals surface area contributed by atoms with Crippen molar-refractivity contribution >= 4 is 45.8 Å². The zero-order valence-electron chi connectivity index (χ0n) is 11.5. The van der Waals surface area contributed by atoms with Gasteiger partial charge in [-0.3, -0.25) is 14.5 Å². The molecule has 0 aromatic heterocycles. The van der Waals surface area contributed by atoms with E-state index < -0.39 is 5.92 Å². The van der Waals surface area contributed by atoms with Gasteiger partial charge in [-0.2, -0.15) is 0 Å². The Balaban J connectivity index is 1.91. The van der Waals surface area contributed by atoms with Gasteiger partial charge >= 0.3 is 0 Å². The number of benzene rings is 1. The lowest BCUT2D eigenvalue weighted by Crippen LogP contribution is -2.28. The van der Waals surface area contributed by atoms with Gasteiger partial charge in [0.05, 0.1) is 10.8 Å². The molecule has 6 heteroatoms. The van der Waals surface area contributed by atoms with E-state index in [2.05, 4.69) is 5.32 Å². The van der Waals surface area contributed by atoms with Crippen LogP contribution < -0.4 is 5.32 Å². The summed E-state index contributed by atoms with van der Waals surface area (Å²) >= 11 is 6.51. The molecule has 0 radical (unpaired) electrons. The number of amides is 2. The lowest BCUT2D eigenvalue weighted by atomic mass is 10.0. The smallest absolute Gasteiger partial charge is 0.265 e. The Hall–Kier alpha value is -1.66. The SMILES string of the molecule is CCCN1C(=O)C(=C[C@@H]2C(=O)Nc3ccccc32)SC1=S. The molecule has 2 aliphatic rings. The number of nitrogens with zero attached hydrogens (tertiary/aromatic N) is 1. The minimum atomic E-state index is -0.419. The molecule has 4 nitrogen and oxygen atoms in total. The first-order valence-corrected chi connectivity index (χ1v) is 7.99. The van der Waals surface area contributed by atoms with E-state index in [4.69, 9.17) is 12.2 Å². The predicted octanol–water partition coefficient (Wildman–Crippen LogP) is 2.88. The Morgan fingerprint density at radius 3 is 2.90 bits per heavy atom. The molecule has 2 aliphatic heterocycles. The number of para-hydroxylation sites is 1. The van der Waals surface area contributed by atoms with E-state index in [9.17, 15) is 9.59 Å². The molecular weight excluding hydrogens is 304 g/mol. The second-order valence-electron chi connectivity index (χ2n) is 4.91. The number of hydrogen-bond acceptors (Lipinski definition) is 4. The molecule has 2 heterocycles. The Morgan fingerprint density at radius 1 is 1.38 bits per heavy atom. The third-order valence-electron chi connectivity index (χ3n) is 3.48. The van der Waals surface area contributed by atoms with Gasteiger partial charge in [-0.1, -0.05) is 49.1 Å². The monoisotopic (exact) mass is 318 g/mol. The van der Waals surface area contributed by atoms with Crippen LogP contribution in [0.2, 0.25) is 0 Å². The van der Waals surface area contributed by atoms with Crippen LogP contribution >= 0.6 is 24.0 Å². The summed E-state index contributed by atoms with van der Waals surface area (Å²) in [6.45, 7) is 2.62. The summed E-state index contributed by atoms with van der Waals surface area (Å²) in [5.41, 5.74) is 1.72. The molecule has 1 saturated heterocycles. The van der Waals surface area contributed by atoms with Crippen LogP contribution in [-0.2, 0) is 9.59 Å². The average molecular weight is 318 g/mol. The molecule has 21 heavy (non-hydrogen) atoms. The van der Waals surface area contributed by atoms with Crippen LogP contribution in [0, 0.1) is 0 Å². The number of thiocarbonyl (C=S) groups is 1. The predicted molar refractivity (Wildman–Crippen MR) is 88.1 cm³/mol. The minimum absolute atomic E-state index is 0.0935. The third kappa shape index (κ3) is 2.49. The third-order valence-corrected chi connectivity index (χ3v) is 4.87. The molecule has 1 atom stereocenters. The van der Waals surface area contributed by atoms with Crippen LogP contribution in [0.3, 0.4) is 0 Å². The van der Waals surface area contributed by atoms with E-state index in [1.54, 1.807) is 11.0 Å². The molecule has 1 N–H and O–H groups in total. The second-order valence-corrected chi connectivity index (χ2v) is 6.59. The van der Waals surface area contributed by atoms with Gasteiger partial charge in [0.15, 0.2) is 0 Å². The first kappa shape index (κ1) is 14.3. The van der Waals surface area contributed by atoms with Gasteiger partial charge in [-0.25, -0.2) is 0 Å². The van der Waals surface area contributed by atoms with Crippen molar-refractivity contribution in [2.45, 2.75) is 19.3 Å². The molecule has 1 aromatic rings. The molecule has 1 fully saturated rings. The summed E-state index contributed by atoms with van der Waals surface area (Å²) in [5.74, 6) is -0.613. The number of nitrogens with one attached hydrogen (secondary N) is 1. The fourth-order valence-electron chi connectivity index (χ4n) is 2.48. The number of fused-ring (bicyclic) bond motifs is 1. The van der Waals surface area contributed by atoms with Crippen LogP contribution in [0.5, 0.6) is 0 Å². The molecule has 108 valence electrons. The van der Waals surface area contributed by atoms with Crippen molar-refractivity contribution in [1.29, 1.82) is 0 Å². The molecule has 3 rings (SSSR count). The molecule has 2 amide bonds. The Bertz CT molecular complexity index is 669. The van der Waals surface area contributed by atoms with Crippen molar-refractivity contribution in [3.05, 3.63) is 40.8 Å². The topological polar surface area (TPSA) is 49.4 Å². The average Bonchev–Trinajstić information content (AvgIpc) is 2.92. The fourth-order valence-corrected chi connectivity index (χ4v) is 3.80. The van der Waals surface area contributed by atoms with E-state index in [1.807, 2.05) is 31.2 Å². The largest absolute Gasteiger partial charge is 0.325 e. The maximum absolute atomic E-state index is 12.3. The van der Waals surface area contributed by atoms with Gasteiger partial charge in [0, 0.05) is 12.2 Å². The maximum Gasteiger partial charge on any atom is 0.265 e. The summed E-state index contributed by atoms with van der Waals surface area (Å²) in [4.78, 5) is 26.6. The molecule has 0 unspecified atom stereocenters. The molecule has 0 spiro atoms. The van der Waals surface area contributed by atoms with E-state index in [-0.39, 0.29) is 11.8 Å². The summed E-state index contributed by atoms with van der Waals surface area (Å²) in [6.07, 6.45) is 2.59. The van der Waals surface area contributed by atoms with Crippen LogP contribution in [0.4, 0.5) is 5.69 Å². The first-order chi connectivity index (χ1) is 10.1. The van der Waals surface area contributed by atoms with Gasteiger partial charge in [-0.05, 0) is 24.1 Å². The van der Waals surface area contributed by atoms with E-state index in [0.717, 1.165) is 17.7 Å². The van der Waals surface area contributed by atoms with Crippen LogP contribution in [-0.4, -0.2) is 27.6 Å². The zero-order valence-corrected chi connectivity index (χ0v) is 13.1. The number of thioether (sulfide) groups is 1. The first-order valence-electron chi connectivity index (χ1n) is 6.77. The second kappa shape index (κ2) is 5.61. The van der Waals surface area contributed by atoms with Gasteiger partial charge in [0.1, 0.15) is 4.32 Å². The highest BCUT2D eigenvalue weighted by Crippen LogP contribution is 2.38. The van der Waals surface area contributed by atoms with Crippen LogP contribution in [0.1, 0.15) is 24.8 Å². The highest BCUT2D eigenvalue weighted by atomic mass is 32.2. The number of rotatable bonds is 3. The maximum atomic E-state index is 12.3. The van der Waals surface area contributed by atoms with Gasteiger partial charge in [-0.15, -0.1) is 0 Å². The number of carbonyl (C=O) groups excluding carboxylic acids is 2. The Labute approximate surface area is 132 Å². The van der Waals surface area contributed by atoms with Gasteiger partial charge in [0.25, 0.3) is 5.91 Å². The van der Waals surface area contributed by atoms with E-state index in [0.29, 0.717) is 15.8 Å². The quantitative estimate of drug-likeness (QED) is 0.688. The van der Waals surface area contributed by atoms with Crippen molar-refractivity contribution in [2.75, 3.05) is 11.9 Å². The fraction of sp³-hybridized carbons (Fsp3) is 0.267. The number of hydrogen-bond donors (Lipinski definition) is 1. The summed E-state index contributed by atoms with van der Waals surface area (Å²) < 4.78 is 0.569. The van der Waals surface area contributed by atoms with Gasteiger partial charge < -0.3 is 5.32 Å². The van der Waals surface area contributed by atoms with Crippen LogP contribution in [0.15, 0.2) is 35.2 Å². The van der Waals surface area contributed by atoms with Crippen molar-refractivity contribution in [1.82, 2.24) is 4.90 Å². The van der Waals surface area contributed by atoms with Crippen LogP contribution in [0.25, 0.3) is 0 Å². The molecular formula is C15H14N2O2S2. The lowest BCUT2D eigenvalue weighted by molar-refractivity contribution is -0.122. The summed E-state index contributed by atoms with van der Waals surface area (Å²) in [6, 6.07) is 7.54. The molecule has 0 saturated carbocycles.